The van der Waals surface area contributed by atoms with Crippen LogP contribution >= 0.6 is 0 Å². The Labute approximate surface area is 109 Å². The van der Waals surface area contributed by atoms with Crippen LogP contribution in [-0.4, -0.2) is 24.2 Å². The highest BCUT2D eigenvalue weighted by atomic mass is 16.5. The summed E-state index contributed by atoms with van der Waals surface area (Å²) >= 11 is 0. The molecule has 1 heterocycles. The number of unbranched alkanes of at least 4 members (excludes halogenated alkanes) is 2. The Hall–Kier alpha value is -1.32. The van der Waals surface area contributed by atoms with Crippen molar-refractivity contribution in [3.8, 4) is 11.9 Å². The van der Waals surface area contributed by atoms with Gasteiger partial charge in [0.25, 0.3) is 0 Å². The maximum Gasteiger partial charge on any atom is 0.319 e. The minimum atomic E-state index is 0.424. The zero-order valence-corrected chi connectivity index (χ0v) is 11.5. The van der Waals surface area contributed by atoms with Gasteiger partial charge in [-0.1, -0.05) is 26.2 Å². The molecule has 1 atom stereocenters. The van der Waals surface area contributed by atoms with Gasteiger partial charge in [-0.15, -0.1) is 0 Å². The molecule has 0 N–H and O–H groups in total. The monoisotopic (exact) mass is 250 g/mol. The molecule has 1 unspecified atom stereocenters. The number of ether oxygens (including phenoxy) is 2. The summed E-state index contributed by atoms with van der Waals surface area (Å²) < 4.78 is 10.5. The lowest BCUT2D eigenvalue weighted by Gasteiger charge is -2.12. The molecule has 18 heavy (non-hydrogen) atoms. The van der Waals surface area contributed by atoms with Gasteiger partial charge in [-0.05, 0) is 19.3 Å². The van der Waals surface area contributed by atoms with Gasteiger partial charge in [0.2, 0.25) is 5.88 Å². The number of methoxy groups -OCH3 is 2. The fraction of sp³-hybridized carbons (Fsp3) is 0.714. The number of aromatic nitrogens is 2. The minimum Gasteiger partial charge on any atom is -0.481 e. The quantitative estimate of drug-likeness (QED) is 0.728. The van der Waals surface area contributed by atoms with E-state index < -0.39 is 0 Å². The summed E-state index contributed by atoms with van der Waals surface area (Å²) in [6.45, 7) is 2.23. The average Bonchev–Trinajstić information content (AvgIpc) is 2.81. The maximum absolute atomic E-state index is 5.34. The smallest absolute Gasteiger partial charge is 0.319 e. The van der Waals surface area contributed by atoms with Crippen LogP contribution in [0, 0.1) is 0 Å². The Kier molecular flexibility index (Phi) is 4.39. The van der Waals surface area contributed by atoms with Gasteiger partial charge in [-0.3, -0.25) is 0 Å². The van der Waals surface area contributed by atoms with Crippen LogP contribution in [0.2, 0.25) is 0 Å². The summed E-state index contributed by atoms with van der Waals surface area (Å²) in [4.78, 5) is 8.78. The second-order valence-electron chi connectivity index (χ2n) is 4.81. The first kappa shape index (κ1) is 13.1. The fourth-order valence-electron chi connectivity index (χ4n) is 2.67. The van der Waals surface area contributed by atoms with E-state index in [2.05, 4.69) is 16.9 Å². The van der Waals surface area contributed by atoms with E-state index in [1.165, 1.54) is 31.2 Å². The van der Waals surface area contributed by atoms with Gasteiger partial charge in [0, 0.05) is 11.5 Å². The van der Waals surface area contributed by atoms with Crippen LogP contribution in [0.5, 0.6) is 11.9 Å². The lowest BCUT2D eigenvalue weighted by molar-refractivity contribution is 0.347. The third-order valence-corrected chi connectivity index (χ3v) is 3.64. The molecule has 4 nitrogen and oxygen atoms in total. The summed E-state index contributed by atoms with van der Waals surface area (Å²) in [5, 5.41) is 0. The van der Waals surface area contributed by atoms with Crippen molar-refractivity contribution < 1.29 is 9.47 Å². The Balaban J connectivity index is 2.19. The molecule has 0 aromatic carbocycles. The van der Waals surface area contributed by atoms with Crippen molar-refractivity contribution in [1.29, 1.82) is 0 Å². The third kappa shape index (κ3) is 2.57. The largest absolute Gasteiger partial charge is 0.481 e. The van der Waals surface area contributed by atoms with E-state index in [1.54, 1.807) is 14.2 Å². The molecule has 0 spiro atoms. The number of hydrogen-bond acceptors (Lipinski definition) is 4. The van der Waals surface area contributed by atoms with Crippen LogP contribution in [0.4, 0.5) is 0 Å². The van der Waals surface area contributed by atoms with E-state index in [4.69, 9.17) is 9.47 Å². The van der Waals surface area contributed by atoms with Gasteiger partial charge in [-0.2, -0.15) is 9.97 Å². The lowest BCUT2D eigenvalue weighted by Crippen LogP contribution is -2.03. The van der Waals surface area contributed by atoms with Gasteiger partial charge >= 0.3 is 6.01 Å². The van der Waals surface area contributed by atoms with Crippen LogP contribution in [0.15, 0.2) is 0 Å². The number of rotatable bonds is 6. The first-order valence-electron chi connectivity index (χ1n) is 6.79. The third-order valence-electron chi connectivity index (χ3n) is 3.64. The SMILES string of the molecule is CCCCCC1CCc2c(OC)nc(OC)nc21. The maximum atomic E-state index is 5.34. The van der Waals surface area contributed by atoms with Crippen molar-refractivity contribution in [1.82, 2.24) is 9.97 Å². The van der Waals surface area contributed by atoms with Crippen molar-refractivity contribution in [3.63, 3.8) is 0 Å². The number of fused-ring (bicyclic) bond motifs is 1. The molecular formula is C14H22N2O2. The van der Waals surface area contributed by atoms with Crippen molar-refractivity contribution in [2.75, 3.05) is 14.2 Å². The van der Waals surface area contributed by atoms with Crippen molar-refractivity contribution in [3.05, 3.63) is 11.3 Å². The molecule has 0 aliphatic heterocycles. The molecule has 0 bridgehead atoms. The van der Waals surface area contributed by atoms with Crippen LogP contribution < -0.4 is 9.47 Å². The molecule has 1 aromatic heterocycles. The second kappa shape index (κ2) is 6.03. The van der Waals surface area contributed by atoms with E-state index in [1.807, 2.05) is 0 Å². The molecule has 1 aromatic rings. The van der Waals surface area contributed by atoms with Crippen LogP contribution in [0.25, 0.3) is 0 Å². The zero-order valence-electron chi connectivity index (χ0n) is 11.5. The van der Waals surface area contributed by atoms with Gasteiger partial charge in [-0.25, -0.2) is 0 Å². The van der Waals surface area contributed by atoms with E-state index in [9.17, 15) is 0 Å². The van der Waals surface area contributed by atoms with Gasteiger partial charge in [0.05, 0.1) is 19.9 Å². The predicted octanol–water partition coefficient (Wildman–Crippen LogP) is 3.10. The summed E-state index contributed by atoms with van der Waals surface area (Å²) in [5.74, 6) is 1.24. The highest BCUT2D eigenvalue weighted by Gasteiger charge is 2.28. The molecule has 100 valence electrons. The average molecular weight is 250 g/mol. The summed E-state index contributed by atoms with van der Waals surface area (Å²) in [7, 11) is 3.26. The topological polar surface area (TPSA) is 44.2 Å². The summed E-state index contributed by atoms with van der Waals surface area (Å²) in [5.41, 5.74) is 2.33. The fourth-order valence-corrected chi connectivity index (χ4v) is 2.67. The molecule has 0 radical (unpaired) electrons. The van der Waals surface area contributed by atoms with Crippen LogP contribution in [0.1, 0.15) is 56.2 Å². The first-order valence-corrected chi connectivity index (χ1v) is 6.79. The Morgan fingerprint density at radius 1 is 1.17 bits per heavy atom. The highest BCUT2D eigenvalue weighted by Crippen LogP contribution is 2.39. The van der Waals surface area contributed by atoms with E-state index >= 15 is 0 Å². The second-order valence-corrected chi connectivity index (χ2v) is 4.81. The van der Waals surface area contributed by atoms with Gasteiger partial charge in [0.1, 0.15) is 0 Å². The number of hydrogen-bond donors (Lipinski definition) is 0. The van der Waals surface area contributed by atoms with Crippen molar-refractivity contribution >= 4 is 0 Å². The number of nitrogens with zero attached hydrogens (tertiary/aromatic N) is 2. The normalized spacial score (nSPS) is 17.6. The van der Waals surface area contributed by atoms with Crippen LogP contribution in [0.3, 0.4) is 0 Å². The van der Waals surface area contributed by atoms with E-state index in [0.717, 1.165) is 18.5 Å². The molecule has 1 aliphatic carbocycles. The molecule has 1 aliphatic rings. The Bertz CT molecular complexity index is 407. The summed E-state index contributed by atoms with van der Waals surface area (Å²) in [6.07, 6.45) is 7.23. The summed E-state index contributed by atoms with van der Waals surface area (Å²) in [6, 6.07) is 0.424. The van der Waals surface area contributed by atoms with Crippen LogP contribution in [-0.2, 0) is 6.42 Å². The molecule has 2 rings (SSSR count). The van der Waals surface area contributed by atoms with E-state index in [-0.39, 0.29) is 0 Å². The van der Waals surface area contributed by atoms with E-state index in [0.29, 0.717) is 17.8 Å². The molecule has 4 heteroatoms. The van der Waals surface area contributed by atoms with Gasteiger partial charge < -0.3 is 9.47 Å². The first-order chi connectivity index (χ1) is 8.80. The molecule has 0 saturated carbocycles. The Morgan fingerprint density at radius 3 is 2.67 bits per heavy atom. The van der Waals surface area contributed by atoms with Gasteiger partial charge in [0.15, 0.2) is 0 Å². The standard InChI is InChI=1S/C14H22N2O2/c1-4-5-6-7-10-8-9-11-12(10)15-14(18-3)16-13(11)17-2/h10H,4-9H2,1-3H3. The minimum absolute atomic E-state index is 0.424. The molecule has 0 saturated heterocycles. The Morgan fingerprint density at radius 2 is 2.00 bits per heavy atom. The predicted molar refractivity (Wildman–Crippen MR) is 70.3 cm³/mol. The zero-order chi connectivity index (χ0) is 13.0. The molecule has 0 amide bonds. The molecule has 0 fully saturated rings. The van der Waals surface area contributed by atoms with Crippen molar-refractivity contribution in [2.45, 2.75) is 51.4 Å². The lowest BCUT2D eigenvalue weighted by atomic mass is 9.99. The highest BCUT2D eigenvalue weighted by molar-refractivity contribution is 5.38. The van der Waals surface area contributed by atoms with Crippen molar-refractivity contribution in [2.24, 2.45) is 0 Å². The molecular weight excluding hydrogens is 228 g/mol.